The van der Waals surface area contributed by atoms with E-state index in [2.05, 4.69) is 10.3 Å². The van der Waals surface area contributed by atoms with Gasteiger partial charge in [-0.3, -0.25) is 4.99 Å². The van der Waals surface area contributed by atoms with Gasteiger partial charge in [0.2, 0.25) is 0 Å². The van der Waals surface area contributed by atoms with Crippen molar-refractivity contribution in [1.82, 2.24) is 5.32 Å². The lowest BCUT2D eigenvalue weighted by Crippen LogP contribution is -2.21. The third kappa shape index (κ3) is 3.70. The summed E-state index contributed by atoms with van der Waals surface area (Å²) in [7, 11) is 0. The predicted molar refractivity (Wildman–Crippen MR) is 77.3 cm³/mol. The van der Waals surface area contributed by atoms with Crippen LogP contribution in [0.2, 0.25) is 0 Å². The number of nitrogens with two attached hydrogens (primary N) is 1. The lowest BCUT2D eigenvalue weighted by Gasteiger charge is -2.08. The molecule has 1 unspecified atom stereocenters. The fourth-order valence-electron chi connectivity index (χ4n) is 2.18. The molecule has 0 amide bonds. The van der Waals surface area contributed by atoms with Crippen LogP contribution in [0.1, 0.15) is 24.8 Å². The van der Waals surface area contributed by atoms with Crippen molar-refractivity contribution >= 4 is 11.9 Å². The highest BCUT2D eigenvalue weighted by molar-refractivity contribution is 5.74. The third-order valence-corrected chi connectivity index (χ3v) is 3.24. The molecule has 1 aliphatic heterocycles. The molecule has 96 valence electrons. The van der Waals surface area contributed by atoms with Gasteiger partial charge in [0.15, 0.2) is 0 Å². The summed E-state index contributed by atoms with van der Waals surface area (Å²) < 4.78 is 0. The first-order chi connectivity index (χ1) is 8.90. The Balaban J connectivity index is 2.02. The van der Waals surface area contributed by atoms with E-state index in [1.807, 2.05) is 36.5 Å². The minimum Gasteiger partial charge on any atom is -0.403 e. The summed E-state index contributed by atoms with van der Waals surface area (Å²) in [4.78, 5) is 4.55. The van der Waals surface area contributed by atoms with Crippen molar-refractivity contribution in [1.29, 1.82) is 0 Å². The number of aliphatic imine (C=N–C) groups is 1. The summed E-state index contributed by atoms with van der Waals surface area (Å²) in [5, 5.41) is 3.44. The maximum Gasteiger partial charge on any atom is 0.0852 e. The van der Waals surface area contributed by atoms with Crippen molar-refractivity contribution in [2.45, 2.75) is 19.3 Å². The van der Waals surface area contributed by atoms with Gasteiger partial charge in [0.1, 0.15) is 0 Å². The van der Waals surface area contributed by atoms with Crippen LogP contribution in [-0.2, 0) is 0 Å². The number of hydrogen-bond donors (Lipinski definition) is 2. The molecule has 1 aliphatic rings. The summed E-state index contributed by atoms with van der Waals surface area (Å²) in [6.07, 6.45) is 7.38. The van der Waals surface area contributed by atoms with Gasteiger partial charge >= 0.3 is 0 Å². The lowest BCUT2D eigenvalue weighted by molar-refractivity contribution is 0.620. The maximum atomic E-state index is 5.66. The van der Waals surface area contributed by atoms with E-state index in [9.17, 15) is 0 Å². The van der Waals surface area contributed by atoms with E-state index in [-0.39, 0.29) is 0 Å². The fourth-order valence-corrected chi connectivity index (χ4v) is 2.18. The van der Waals surface area contributed by atoms with Crippen molar-refractivity contribution in [3.63, 3.8) is 0 Å². The molecule has 3 nitrogen and oxygen atoms in total. The molecule has 1 saturated heterocycles. The molecule has 18 heavy (non-hydrogen) atoms. The molecule has 3 heteroatoms. The van der Waals surface area contributed by atoms with Gasteiger partial charge in [-0.05, 0) is 19.4 Å². The molecule has 1 fully saturated rings. The van der Waals surface area contributed by atoms with Gasteiger partial charge in [-0.25, -0.2) is 0 Å². The maximum absolute atomic E-state index is 5.66. The van der Waals surface area contributed by atoms with Gasteiger partial charge in [0.25, 0.3) is 0 Å². The highest BCUT2D eigenvalue weighted by Crippen LogP contribution is 2.15. The second-order valence-electron chi connectivity index (χ2n) is 4.66. The first-order valence-electron chi connectivity index (χ1n) is 6.62. The number of benzene rings is 1. The van der Waals surface area contributed by atoms with Crippen LogP contribution in [-0.4, -0.2) is 19.3 Å². The molecule has 0 radical (unpaired) electrons. The molecular weight excluding hydrogens is 222 g/mol. The molecule has 0 bridgehead atoms. The number of nitrogens with zero attached hydrogens (tertiary/aromatic N) is 1. The molecule has 0 aromatic heterocycles. The van der Waals surface area contributed by atoms with Gasteiger partial charge in [-0.15, -0.1) is 0 Å². The van der Waals surface area contributed by atoms with Crippen LogP contribution >= 0.6 is 0 Å². The Morgan fingerprint density at radius 3 is 2.89 bits per heavy atom. The van der Waals surface area contributed by atoms with Crippen LogP contribution in [0.4, 0.5) is 0 Å². The van der Waals surface area contributed by atoms with Crippen LogP contribution in [0, 0.1) is 5.92 Å². The van der Waals surface area contributed by atoms with E-state index in [4.69, 9.17) is 5.73 Å². The minimum atomic E-state index is 0.520. The molecular formula is C15H21N3. The topological polar surface area (TPSA) is 50.4 Å². The molecule has 3 N–H and O–H groups in total. The summed E-state index contributed by atoms with van der Waals surface area (Å²) in [6, 6.07) is 10.1. The second kappa shape index (κ2) is 6.97. The van der Waals surface area contributed by atoms with Crippen molar-refractivity contribution in [2.75, 3.05) is 13.1 Å². The zero-order chi connectivity index (χ0) is 12.6. The minimum absolute atomic E-state index is 0.520. The standard InChI is InChI=1S/C15H21N3/c16-10-15(14-7-2-1-3-8-14)18-12-13-6-4-5-9-17-11-13/h1-3,7-8,10,12-13,17H,4-6,9,11,16H2/b15-10-,18-12?. The number of nitrogens with one attached hydrogen (secondary N) is 1. The highest BCUT2D eigenvalue weighted by Gasteiger charge is 2.09. The van der Waals surface area contributed by atoms with Gasteiger partial charge < -0.3 is 11.1 Å². The molecule has 0 saturated carbocycles. The fraction of sp³-hybridized carbons (Fsp3) is 0.400. The number of hydrogen-bond acceptors (Lipinski definition) is 3. The monoisotopic (exact) mass is 243 g/mol. The molecule has 1 atom stereocenters. The van der Waals surface area contributed by atoms with E-state index in [0.717, 1.165) is 24.4 Å². The van der Waals surface area contributed by atoms with Crippen molar-refractivity contribution < 1.29 is 0 Å². The summed E-state index contributed by atoms with van der Waals surface area (Å²) in [5.74, 6) is 0.520. The summed E-state index contributed by atoms with van der Waals surface area (Å²) >= 11 is 0. The zero-order valence-corrected chi connectivity index (χ0v) is 10.7. The first-order valence-corrected chi connectivity index (χ1v) is 6.62. The Bertz CT molecular complexity index is 401. The molecule has 0 spiro atoms. The van der Waals surface area contributed by atoms with Crippen LogP contribution in [0.5, 0.6) is 0 Å². The van der Waals surface area contributed by atoms with Crippen molar-refractivity contribution in [2.24, 2.45) is 16.6 Å². The average Bonchev–Trinajstić information content (AvgIpc) is 2.69. The predicted octanol–water partition coefficient (Wildman–Crippen LogP) is 2.40. The Morgan fingerprint density at radius 1 is 1.28 bits per heavy atom. The number of rotatable bonds is 3. The largest absolute Gasteiger partial charge is 0.403 e. The van der Waals surface area contributed by atoms with E-state index >= 15 is 0 Å². The SMILES string of the molecule is N/C=C(\N=CC1CCCCNC1)c1ccccc1. The normalized spacial score (nSPS) is 22.0. The van der Waals surface area contributed by atoms with Gasteiger partial charge in [-0.1, -0.05) is 36.8 Å². The first kappa shape index (κ1) is 12.8. The Morgan fingerprint density at radius 2 is 2.11 bits per heavy atom. The van der Waals surface area contributed by atoms with Crippen molar-refractivity contribution in [3.8, 4) is 0 Å². The molecule has 0 aliphatic carbocycles. The van der Waals surface area contributed by atoms with E-state index in [1.165, 1.54) is 19.3 Å². The Labute approximate surface area is 109 Å². The van der Waals surface area contributed by atoms with Crippen molar-refractivity contribution in [3.05, 3.63) is 42.1 Å². The van der Waals surface area contributed by atoms with Crippen LogP contribution in [0.3, 0.4) is 0 Å². The van der Waals surface area contributed by atoms with Gasteiger partial charge in [0.05, 0.1) is 5.70 Å². The molecule has 1 aromatic carbocycles. The highest BCUT2D eigenvalue weighted by atomic mass is 14.9. The Hall–Kier alpha value is -1.61. The molecule has 1 aromatic rings. The Kier molecular flexibility index (Phi) is 4.97. The lowest BCUT2D eigenvalue weighted by atomic mass is 10.1. The average molecular weight is 243 g/mol. The smallest absolute Gasteiger partial charge is 0.0852 e. The van der Waals surface area contributed by atoms with Crippen LogP contribution in [0.15, 0.2) is 41.5 Å². The summed E-state index contributed by atoms with van der Waals surface area (Å²) in [5.41, 5.74) is 7.57. The van der Waals surface area contributed by atoms with Gasteiger partial charge in [0, 0.05) is 30.4 Å². The zero-order valence-electron chi connectivity index (χ0n) is 10.7. The summed E-state index contributed by atoms with van der Waals surface area (Å²) in [6.45, 7) is 2.15. The second-order valence-corrected chi connectivity index (χ2v) is 4.66. The van der Waals surface area contributed by atoms with E-state index < -0.39 is 0 Å². The van der Waals surface area contributed by atoms with E-state index in [0.29, 0.717) is 5.92 Å². The third-order valence-electron chi connectivity index (χ3n) is 3.24. The van der Waals surface area contributed by atoms with E-state index in [1.54, 1.807) is 6.20 Å². The van der Waals surface area contributed by atoms with Crippen LogP contribution in [0.25, 0.3) is 5.70 Å². The van der Waals surface area contributed by atoms with Gasteiger partial charge in [-0.2, -0.15) is 0 Å². The van der Waals surface area contributed by atoms with Crippen LogP contribution < -0.4 is 11.1 Å². The molecule has 2 rings (SSSR count). The quantitative estimate of drug-likeness (QED) is 0.801. The molecule has 1 heterocycles.